The molecule has 0 bridgehead atoms. The number of carboxylic acids is 1. The maximum absolute atomic E-state index is 10.4. The number of aliphatic hydroxyl groups is 1. The molecule has 0 rings (SSSR count). The molecule has 0 spiro atoms. The van der Waals surface area contributed by atoms with Gasteiger partial charge in [0.2, 0.25) is 0 Å². The quantitative estimate of drug-likeness (QED) is 0.517. The van der Waals surface area contributed by atoms with E-state index in [4.69, 9.17) is 16.3 Å². The van der Waals surface area contributed by atoms with Crippen LogP contribution in [0.2, 0.25) is 0 Å². The van der Waals surface area contributed by atoms with Gasteiger partial charge >= 0.3 is 5.97 Å². The maximum atomic E-state index is 10.4. The smallest absolute Gasteiger partial charge is 0.303 e. The van der Waals surface area contributed by atoms with Gasteiger partial charge in [0.1, 0.15) is 0 Å². The molecule has 0 aliphatic rings. The number of aliphatic carboxylic acids is 1. The third-order valence-electron chi connectivity index (χ3n) is 2.98. The number of rotatable bonds is 8. The Balaban J connectivity index is 4.48. The Morgan fingerprint density at radius 1 is 1.44 bits per heavy atom. The largest absolute Gasteiger partial charge is 0.481 e. The van der Waals surface area contributed by atoms with Crippen LogP contribution in [0.25, 0.3) is 0 Å². The highest BCUT2D eigenvalue weighted by Gasteiger charge is 2.32. The van der Waals surface area contributed by atoms with E-state index >= 15 is 0 Å². The molecular weight excluding hydrogens is 232 g/mol. The second-order valence-corrected chi connectivity index (χ2v) is 5.51. The lowest BCUT2D eigenvalue weighted by Gasteiger charge is -2.36. The Labute approximate surface area is 109 Å². The van der Waals surface area contributed by atoms with Gasteiger partial charge in [-0.15, -0.1) is 12.3 Å². The van der Waals surface area contributed by atoms with Crippen molar-refractivity contribution < 1.29 is 19.7 Å². The lowest BCUT2D eigenvalue weighted by molar-refractivity contribution is -0.193. The highest BCUT2D eigenvalue weighted by atomic mass is 16.6. The number of carboxylic acid groups (broad SMARTS) is 1. The monoisotopic (exact) mass is 256 g/mol. The van der Waals surface area contributed by atoms with Crippen molar-refractivity contribution in [1.82, 2.24) is 0 Å². The van der Waals surface area contributed by atoms with Gasteiger partial charge in [-0.05, 0) is 33.6 Å². The fraction of sp³-hybridized carbons (Fsp3) is 0.786. The predicted molar refractivity (Wildman–Crippen MR) is 69.9 cm³/mol. The minimum Gasteiger partial charge on any atom is -0.481 e. The van der Waals surface area contributed by atoms with Crippen LogP contribution in [-0.2, 0) is 9.53 Å². The standard InChI is InChI=1S/C14H24O4/c1-6-13(3,4)10-14(5,7-2)18-12(17)9-8-11(15)16/h1,12,17H,7-10H2,2-5H3,(H,15,16). The van der Waals surface area contributed by atoms with Crippen LogP contribution in [0.1, 0.15) is 53.4 Å². The number of terminal acetylenes is 1. The Morgan fingerprint density at radius 3 is 2.39 bits per heavy atom. The van der Waals surface area contributed by atoms with Gasteiger partial charge in [-0.1, -0.05) is 6.92 Å². The summed E-state index contributed by atoms with van der Waals surface area (Å²) >= 11 is 0. The molecule has 4 nitrogen and oxygen atoms in total. The molecule has 0 aromatic carbocycles. The van der Waals surface area contributed by atoms with Crippen LogP contribution in [0.5, 0.6) is 0 Å². The first-order valence-electron chi connectivity index (χ1n) is 6.19. The van der Waals surface area contributed by atoms with E-state index in [2.05, 4.69) is 5.92 Å². The summed E-state index contributed by atoms with van der Waals surface area (Å²) in [7, 11) is 0. The van der Waals surface area contributed by atoms with Crippen molar-refractivity contribution in [2.45, 2.75) is 65.3 Å². The van der Waals surface area contributed by atoms with E-state index in [1.165, 1.54) is 0 Å². The average molecular weight is 256 g/mol. The van der Waals surface area contributed by atoms with Crippen molar-refractivity contribution in [3.63, 3.8) is 0 Å². The topological polar surface area (TPSA) is 66.8 Å². The molecule has 0 fully saturated rings. The lowest BCUT2D eigenvalue weighted by atomic mass is 9.80. The van der Waals surface area contributed by atoms with Crippen LogP contribution in [-0.4, -0.2) is 28.1 Å². The Kier molecular flexibility index (Phi) is 6.37. The third-order valence-corrected chi connectivity index (χ3v) is 2.98. The summed E-state index contributed by atoms with van der Waals surface area (Å²) in [6, 6.07) is 0. The van der Waals surface area contributed by atoms with Crippen molar-refractivity contribution in [3.05, 3.63) is 0 Å². The van der Waals surface area contributed by atoms with Crippen LogP contribution in [0.3, 0.4) is 0 Å². The van der Waals surface area contributed by atoms with E-state index in [1.807, 2.05) is 27.7 Å². The maximum Gasteiger partial charge on any atom is 0.303 e. The normalized spacial score (nSPS) is 16.7. The highest BCUT2D eigenvalue weighted by Crippen LogP contribution is 2.33. The molecule has 18 heavy (non-hydrogen) atoms. The molecule has 0 saturated carbocycles. The molecule has 2 N–H and O–H groups in total. The van der Waals surface area contributed by atoms with Gasteiger partial charge in [0, 0.05) is 11.8 Å². The van der Waals surface area contributed by atoms with Crippen molar-refractivity contribution in [1.29, 1.82) is 0 Å². The molecule has 0 amide bonds. The molecule has 0 heterocycles. The summed E-state index contributed by atoms with van der Waals surface area (Å²) in [5.41, 5.74) is -0.870. The van der Waals surface area contributed by atoms with Crippen LogP contribution in [0, 0.1) is 17.8 Å². The molecular formula is C14H24O4. The summed E-state index contributed by atoms with van der Waals surface area (Å²) < 4.78 is 5.57. The molecule has 2 atom stereocenters. The summed E-state index contributed by atoms with van der Waals surface area (Å²) in [6.07, 6.45) is 5.66. The van der Waals surface area contributed by atoms with E-state index < -0.39 is 17.9 Å². The van der Waals surface area contributed by atoms with Crippen LogP contribution in [0.15, 0.2) is 0 Å². The minimum absolute atomic E-state index is 0.0847. The number of hydrogen-bond acceptors (Lipinski definition) is 3. The van der Waals surface area contributed by atoms with Crippen molar-refractivity contribution in [2.75, 3.05) is 0 Å². The Morgan fingerprint density at radius 2 is 2.00 bits per heavy atom. The molecule has 4 heteroatoms. The first-order chi connectivity index (χ1) is 8.14. The zero-order chi connectivity index (χ0) is 14.4. The number of aliphatic hydroxyl groups excluding tert-OH is 1. The van der Waals surface area contributed by atoms with Gasteiger partial charge in [0.25, 0.3) is 0 Å². The zero-order valence-corrected chi connectivity index (χ0v) is 11.7. The Hall–Kier alpha value is -1.05. The predicted octanol–water partition coefficient (Wildman–Crippen LogP) is 2.40. The van der Waals surface area contributed by atoms with E-state index in [0.29, 0.717) is 12.8 Å². The number of ether oxygens (including phenoxy) is 1. The fourth-order valence-corrected chi connectivity index (χ4v) is 1.87. The fourth-order valence-electron chi connectivity index (χ4n) is 1.87. The van der Waals surface area contributed by atoms with Crippen LogP contribution >= 0.6 is 0 Å². The lowest BCUT2D eigenvalue weighted by Crippen LogP contribution is -2.37. The van der Waals surface area contributed by atoms with Crippen LogP contribution in [0.4, 0.5) is 0 Å². The minimum atomic E-state index is -1.07. The second-order valence-electron chi connectivity index (χ2n) is 5.51. The van der Waals surface area contributed by atoms with Gasteiger partial charge in [0.15, 0.2) is 6.29 Å². The summed E-state index contributed by atoms with van der Waals surface area (Å²) in [6.45, 7) is 7.72. The molecule has 0 saturated heterocycles. The van der Waals surface area contributed by atoms with E-state index in [-0.39, 0.29) is 18.3 Å². The van der Waals surface area contributed by atoms with Crippen molar-refractivity contribution >= 4 is 5.97 Å². The van der Waals surface area contributed by atoms with Gasteiger partial charge in [-0.2, -0.15) is 0 Å². The molecule has 0 aliphatic heterocycles. The van der Waals surface area contributed by atoms with Crippen molar-refractivity contribution in [2.24, 2.45) is 5.41 Å². The van der Waals surface area contributed by atoms with Crippen LogP contribution < -0.4 is 0 Å². The molecule has 104 valence electrons. The Bertz CT molecular complexity index is 316. The van der Waals surface area contributed by atoms with Gasteiger partial charge < -0.3 is 14.9 Å². The molecule has 0 aromatic heterocycles. The average Bonchev–Trinajstić information content (AvgIpc) is 2.25. The molecule has 0 radical (unpaired) electrons. The molecule has 2 unspecified atom stereocenters. The van der Waals surface area contributed by atoms with E-state index in [9.17, 15) is 9.90 Å². The molecule has 0 aromatic rings. The van der Waals surface area contributed by atoms with E-state index in [0.717, 1.165) is 0 Å². The first-order valence-corrected chi connectivity index (χ1v) is 6.19. The molecule has 0 aliphatic carbocycles. The van der Waals surface area contributed by atoms with Gasteiger partial charge in [-0.25, -0.2) is 0 Å². The van der Waals surface area contributed by atoms with Gasteiger partial charge in [0.05, 0.1) is 12.0 Å². The number of hydrogen-bond donors (Lipinski definition) is 2. The highest BCUT2D eigenvalue weighted by molar-refractivity contribution is 5.66. The van der Waals surface area contributed by atoms with Gasteiger partial charge in [-0.3, -0.25) is 4.79 Å². The first kappa shape index (κ1) is 16.9. The summed E-state index contributed by atoms with van der Waals surface area (Å²) in [5.74, 6) is 1.75. The zero-order valence-electron chi connectivity index (χ0n) is 11.7. The summed E-state index contributed by atoms with van der Waals surface area (Å²) in [5, 5.41) is 18.2. The van der Waals surface area contributed by atoms with E-state index in [1.54, 1.807) is 0 Å². The summed E-state index contributed by atoms with van der Waals surface area (Å²) in [4.78, 5) is 10.4. The third kappa shape index (κ3) is 6.63. The second kappa shape index (κ2) is 6.77. The number of carbonyl (C=O) groups is 1. The SMILES string of the molecule is C#CC(C)(C)CC(C)(CC)OC(O)CCC(=O)O. The van der Waals surface area contributed by atoms with Crippen molar-refractivity contribution in [3.8, 4) is 12.3 Å².